The van der Waals surface area contributed by atoms with Crippen molar-refractivity contribution in [1.29, 1.82) is 0 Å². The number of aliphatic hydroxyl groups excluding tert-OH is 1. The van der Waals surface area contributed by atoms with Gasteiger partial charge in [0.1, 0.15) is 18.4 Å². The standard InChI is InChI=1S/C63H75N7O14/c1-37(2)24-47(66-58(74)48-8-6-21-67(48)57(73)33-65-56(72)32-64)51(71)25-38-9-11-39(12-10-38)35-84-62(78)70-49-30-55(53(81-5)29-46(49)60(76)69-36-63(19-20-63)31-50(69)61(70)77)83-23-7-22-82-54-27-41-13-16-43-26-42(40-14-17-44(79-3)18-15-40)34-68(43)59(75)45(41)28-52(54)80-4/h9-12,14-15,17-18,27-30,34,37,43,47-48,50,61,77H,6-8,13,16,19-26,31-33,35-36,64H2,1-5H3,(H,65,72)(H,66,74)/t43-,47+,48+,50+,61?/m1/s1. The number of likely N-dealkylation sites (tertiary alicyclic amines) is 1. The lowest BCUT2D eigenvalue weighted by Gasteiger charge is -2.31. The van der Waals surface area contributed by atoms with E-state index in [1.165, 1.54) is 31.3 Å². The van der Waals surface area contributed by atoms with Crippen LogP contribution >= 0.6 is 0 Å². The maximum atomic E-state index is 14.5. The number of rotatable bonds is 22. The van der Waals surface area contributed by atoms with Gasteiger partial charge in [0.2, 0.25) is 17.7 Å². The van der Waals surface area contributed by atoms with Gasteiger partial charge in [0.05, 0.1) is 71.0 Å². The van der Waals surface area contributed by atoms with E-state index >= 15 is 0 Å². The Morgan fingerprint density at radius 2 is 1.51 bits per heavy atom. The van der Waals surface area contributed by atoms with E-state index in [0.717, 1.165) is 53.0 Å². The van der Waals surface area contributed by atoms with Gasteiger partial charge in [-0.3, -0.25) is 28.8 Å². The zero-order chi connectivity index (χ0) is 59.4. The number of carbonyl (C=O) groups is 7. The molecule has 5 N–H and O–H groups in total. The van der Waals surface area contributed by atoms with Crippen LogP contribution in [0.1, 0.15) is 115 Å². The summed E-state index contributed by atoms with van der Waals surface area (Å²) in [7, 11) is 4.63. The van der Waals surface area contributed by atoms with Crippen LogP contribution in [-0.2, 0) is 43.4 Å². The Hall–Kier alpha value is -8.17. The zero-order valence-electron chi connectivity index (χ0n) is 48.3. The van der Waals surface area contributed by atoms with E-state index in [0.29, 0.717) is 79.8 Å². The third-order valence-electron chi connectivity index (χ3n) is 17.0. The normalized spacial score (nSPS) is 20.4. The van der Waals surface area contributed by atoms with E-state index in [4.69, 9.17) is 34.2 Å². The Kier molecular flexibility index (Phi) is 17.8. The monoisotopic (exact) mass is 1150 g/mol. The fourth-order valence-corrected chi connectivity index (χ4v) is 12.3. The number of Topliss-reactive ketones (excluding diaryl/α,β-unsaturated/α-hetero) is 1. The Labute approximate surface area is 488 Å². The fraction of sp³-hybridized carbons (Fsp3) is 0.476. The molecule has 1 unspecified atom stereocenters. The second-order valence-corrected chi connectivity index (χ2v) is 23.1. The number of aliphatic hydroxyl groups is 1. The third-order valence-corrected chi connectivity index (χ3v) is 17.0. The van der Waals surface area contributed by atoms with E-state index in [-0.39, 0.29) is 97.1 Å². The van der Waals surface area contributed by atoms with Crippen molar-refractivity contribution in [2.45, 2.75) is 121 Å². The number of hydrogen-bond donors (Lipinski definition) is 4. The maximum absolute atomic E-state index is 14.5. The van der Waals surface area contributed by atoms with Crippen LogP contribution in [0.15, 0.2) is 79.0 Å². The summed E-state index contributed by atoms with van der Waals surface area (Å²) in [5.74, 6) is 0.263. The van der Waals surface area contributed by atoms with Gasteiger partial charge in [0.25, 0.3) is 11.8 Å². The maximum Gasteiger partial charge on any atom is 0.416 e. The Bertz CT molecular complexity index is 3200. The van der Waals surface area contributed by atoms with Gasteiger partial charge in [0, 0.05) is 49.8 Å². The van der Waals surface area contributed by atoms with Crippen LogP contribution in [0, 0.1) is 11.3 Å². The van der Waals surface area contributed by atoms with Crippen LogP contribution < -0.4 is 45.0 Å². The van der Waals surface area contributed by atoms with Crippen LogP contribution in [0.5, 0.6) is 28.7 Å². The van der Waals surface area contributed by atoms with Gasteiger partial charge < -0.3 is 64.6 Å². The summed E-state index contributed by atoms with van der Waals surface area (Å²) in [5, 5.41) is 17.5. The SMILES string of the molecule is COc1ccc(C2=CN3C(=O)c4cc(OC)c(OCCCOc5cc6c(cc5OC)C(=O)N5CC7(CC7)C[C@H]5C(O)N6C(=O)OCc5ccc(CC(=O)[C@H](CC(C)C)NC(=O)[C@@H]6CCCN6C(=O)CNC(=O)CN)cc5)cc4CC[C@@H]3C2)cc1. The van der Waals surface area contributed by atoms with Crippen molar-refractivity contribution in [3.05, 3.63) is 112 Å². The summed E-state index contributed by atoms with van der Waals surface area (Å²) >= 11 is 0. The molecule has 6 aliphatic rings. The molecular formula is C63H75N7O14. The van der Waals surface area contributed by atoms with E-state index in [9.17, 15) is 38.7 Å². The molecule has 0 aromatic heterocycles. The molecule has 5 heterocycles. The Morgan fingerprint density at radius 1 is 0.821 bits per heavy atom. The molecule has 2 saturated heterocycles. The predicted molar refractivity (Wildman–Crippen MR) is 309 cm³/mol. The van der Waals surface area contributed by atoms with Crippen molar-refractivity contribution in [1.82, 2.24) is 25.3 Å². The molecule has 3 fully saturated rings. The Balaban J connectivity index is 0.780. The smallest absolute Gasteiger partial charge is 0.416 e. The number of nitrogens with zero attached hydrogens (tertiary/aromatic N) is 4. The summed E-state index contributed by atoms with van der Waals surface area (Å²) in [6, 6.07) is 19.2. The van der Waals surface area contributed by atoms with Crippen LogP contribution in [-0.4, -0.2) is 152 Å². The quantitative estimate of drug-likeness (QED) is 0.0664. The van der Waals surface area contributed by atoms with Gasteiger partial charge in [-0.1, -0.05) is 50.2 Å². The lowest BCUT2D eigenvalue weighted by Crippen LogP contribution is -2.53. The number of fused-ring (bicyclic) bond motifs is 4. The molecule has 6 amide bonds. The minimum atomic E-state index is -1.46. The van der Waals surface area contributed by atoms with E-state index in [2.05, 4.69) is 10.6 Å². The van der Waals surface area contributed by atoms with Crippen molar-refractivity contribution in [2.24, 2.45) is 17.1 Å². The number of carbonyl (C=O) groups excluding carboxylic acids is 7. The van der Waals surface area contributed by atoms with Crippen LogP contribution in [0.2, 0.25) is 0 Å². The van der Waals surface area contributed by atoms with E-state index in [1.54, 1.807) is 42.3 Å². The number of benzene rings is 4. The molecule has 21 heteroatoms. The Morgan fingerprint density at radius 3 is 2.18 bits per heavy atom. The first-order chi connectivity index (χ1) is 40.5. The average molecular weight is 1150 g/mol. The molecule has 1 spiro atoms. The van der Waals surface area contributed by atoms with Crippen molar-refractivity contribution >= 4 is 52.7 Å². The number of anilines is 1. The minimum Gasteiger partial charge on any atom is -0.497 e. The minimum absolute atomic E-state index is 0.000108. The first-order valence-electron chi connectivity index (χ1n) is 29.0. The number of hydrogen-bond acceptors (Lipinski definition) is 15. The number of amides is 6. The number of ketones is 1. The molecule has 1 saturated carbocycles. The fourth-order valence-electron chi connectivity index (χ4n) is 12.3. The van der Waals surface area contributed by atoms with Crippen LogP contribution in [0.25, 0.3) is 5.57 Å². The summed E-state index contributed by atoms with van der Waals surface area (Å²) < 4.78 is 35.3. The van der Waals surface area contributed by atoms with Crippen molar-refractivity contribution in [3.8, 4) is 28.7 Å². The number of aryl methyl sites for hydroxylation is 1. The van der Waals surface area contributed by atoms with Gasteiger partial charge in [0.15, 0.2) is 35.0 Å². The number of methoxy groups -OCH3 is 3. The first-order valence-corrected chi connectivity index (χ1v) is 29.0. The van der Waals surface area contributed by atoms with Crippen LogP contribution in [0.3, 0.4) is 0 Å². The number of nitrogens with one attached hydrogen (secondary N) is 2. The molecule has 4 aromatic carbocycles. The lowest BCUT2D eigenvalue weighted by atomic mass is 9.95. The molecule has 0 bridgehead atoms. The molecule has 5 atom stereocenters. The number of ether oxygens (including phenoxy) is 6. The molecule has 21 nitrogen and oxygen atoms in total. The summed E-state index contributed by atoms with van der Waals surface area (Å²) in [4.78, 5) is 101. The second-order valence-electron chi connectivity index (χ2n) is 23.1. The lowest BCUT2D eigenvalue weighted by molar-refractivity contribution is -0.139. The van der Waals surface area contributed by atoms with Crippen molar-refractivity contribution in [3.63, 3.8) is 0 Å². The number of nitrogens with two attached hydrogens (primary N) is 1. The second kappa shape index (κ2) is 25.4. The molecule has 1 aliphatic carbocycles. The summed E-state index contributed by atoms with van der Waals surface area (Å²) in [6.45, 7) is 4.30. The summed E-state index contributed by atoms with van der Waals surface area (Å²) in [6.07, 6.45) is 5.94. The molecule has 5 aliphatic heterocycles. The highest BCUT2D eigenvalue weighted by atomic mass is 16.6. The van der Waals surface area contributed by atoms with Gasteiger partial charge in [-0.2, -0.15) is 0 Å². The van der Waals surface area contributed by atoms with Crippen LogP contribution in [0.4, 0.5) is 10.5 Å². The van der Waals surface area contributed by atoms with Crippen molar-refractivity contribution in [2.75, 3.05) is 65.6 Å². The molecule has 84 heavy (non-hydrogen) atoms. The van der Waals surface area contributed by atoms with E-state index in [1.807, 2.05) is 55.3 Å². The molecular weight excluding hydrogens is 1080 g/mol. The predicted octanol–water partition coefficient (Wildman–Crippen LogP) is 5.94. The van der Waals surface area contributed by atoms with Gasteiger partial charge >= 0.3 is 6.09 Å². The average Bonchev–Trinajstić information content (AvgIpc) is 2.03. The highest BCUT2D eigenvalue weighted by Gasteiger charge is 2.58. The zero-order valence-corrected chi connectivity index (χ0v) is 48.3. The van der Waals surface area contributed by atoms with Gasteiger partial charge in [-0.15, -0.1) is 0 Å². The molecule has 4 aromatic rings. The molecule has 10 rings (SSSR count). The topological polar surface area (TPSA) is 258 Å². The van der Waals surface area contributed by atoms with E-state index < -0.39 is 48.2 Å². The molecule has 446 valence electrons. The van der Waals surface area contributed by atoms with Gasteiger partial charge in [-0.05, 0) is 127 Å². The van der Waals surface area contributed by atoms with Crippen molar-refractivity contribution < 1.29 is 67.1 Å². The van der Waals surface area contributed by atoms with Gasteiger partial charge in [-0.25, -0.2) is 9.69 Å². The largest absolute Gasteiger partial charge is 0.497 e. The molecule has 0 radical (unpaired) electrons. The first kappa shape index (κ1) is 59.0. The third kappa shape index (κ3) is 12.7. The summed E-state index contributed by atoms with van der Waals surface area (Å²) in [5.41, 5.74) is 10.3. The highest BCUT2D eigenvalue weighted by molar-refractivity contribution is 6.06. The highest BCUT2D eigenvalue weighted by Crippen LogP contribution is 2.57.